The third-order valence-corrected chi connectivity index (χ3v) is 3.29. The summed E-state index contributed by atoms with van der Waals surface area (Å²) in [5.41, 5.74) is 3.14. The van der Waals surface area contributed by atoms with E-state index in [9.17, 15) is 9.59 Å². The van der Waals surface area contributed by atoms with Crippen molar-refractivity contribution in [2.45, 2.75) is 20.8 Å². The monoisotopic (exact) mass is 286 g/mol. The van der Waals surface area contributed by atoms with Crippen LogP contribution in [0.5, 0.6) is 0 Å². The van der Waals surface area contributed by atoms with Gasteiger partial charge in [-0.05, 0) is 45.0 Å². The Hall–Kier alpha value is -2.56. The molecule has 5 heteroatoms. The fraction of sp³-hybridized carbons (Fsp3) is 0.250. The maximum Gasteiger partial charge on any atom is 0.325 e. The van der Waals surface area contributed by atoms with Crippen molar-refractivity contribution in [3.63, 3.8) is 0 Å². The van der Waals surface area contributed by atoms with Crippen molar-refractivity contribution in [2.24, 2.45) is 0 Å². The molecule has 2 aromatic rings. The number of aromatic nitrogens is 1. The van der Waals surface area contributed by atoms with Gasteiger partial charge in [-0.2, -0.15) is 0 Å². The van der Waals surface area contributed by atoms with Gasteiger partial charge in [0.25, 0.3) is 5.91 Å². The lowest BCUT2D eigenvalue weighted by molar-refractivity contribution is -0.135. The van der Waals surface area contributed by atoms with Gasteiger partial charge in [-0.3, -0.25) is 14.3 Å². The summed E-state index contributed by atoms with van der Waals surface area (Å²) in [6, 6.07) is 10.8. The van der Waals surface area contributed by atoms with Crippen LogP contribution >= 0.6 is 0 Å². The fourth-order valence-corrected chi connectivity index (χ4v) is 2.25. The van der Waals surface area contributed by atoms with Gasteiger partial charge in [0, 0.05) is 17.0 Å². The molecule has 0 aliphatic heterocycles. The average Bonchev–Trinajstić information content (AvgIpc) is 2.76. The quantitative estimate of drug-likeness (QED) is 0.938. The van der Waals surface area contributed by atoms with Gasteiger partial charge in [0.2, 0.25) is 0 Å². The van der Waals surface area contributed by atoms with Crippen molar-refractivity contribution in [2.75, 3.05) is 11.6 Å². The maximum atomic E-state index is 12.6. The molecule has 0 radical (unpaired) electrons. The molecule has 0 spiro atoms. The highest BCUT2D eigenvalue weighted by molar-refractivity contribution is 6.03. The molecule has 110 valence electrons. The highest BCUT2D eigenvalue weighted by Crippen LogP contribution is 2.12. The predicted molar refractivity (Wildman–Crippen MR) is 80.1 cm³/mol. The Morgan fingerprint density at radius 3 is 2.00 bits per heavy atom. The van der Waals surface area contributed by atoms with Gasteiger partial charge in [0.05, 0.1) is 0 Å². The first kappa shape index (κ1) is 14.8. The zero-order valence-corrected chi connectivity index (χ0v) is 12.3. The summed E-state index contributed by atoms with van der Waals surface area (Å²) in [5, 5.41) is 10.3. The lowest BCUT2D eigenvalue weighted by Gasteiger charge is -2.25. The van der Waals surface area contributed by atoms with Gasteiger partial charge in [-0.25, -0.2) is 5.01 Å². The molecule has 0 aliphatic rings. The predicted octanol–water partition coefficient (Wildman–Crippen LogP) is 2.28. The van der Waals surface area contributed by atoms with Crippen molar-refractivity contribution in [3.05, 3.63) is 58.9 Å². The molecule has 1 amide bonds. The maximum absolute atomic E-state index is 12.6. The number of benzene rings is 1. The lowest BCUT2D eigenvalue weighted by atomic mass is 10.1. The molecule has 1 heterocycles. The SMILES string of the molecule is Cc1ccc(C(=O)N(CC(=O)O)n2c(C)ccc2C)cc1. The van der Waals surface area contributed by atoms with E-state index in [1.165, 1.54) is 5.01 Å². The Morgan fingerprint density at radius 2 is 1.52 bits per heavy atom. The van der Waals surface area contributed by atoms with Crippen LogP contribution in [0.4, 0.5) is 0 Å². The second-order valence-electron chi connectivity index (χ2n) is 5.05. The molecule has 5 nitrogen and oxygen atoms in total. The Balaban J connectivity index is 2.43. The van der Waals surface area contributed by atoms with Crippen molar-refractivity contribution in [3.8, 4) is 0 Å². The number of hydrogen-bond acceptors (Lipinski definition) is 2. The highest BCUT2D eigenvalue weighted by Gasteiger charge is 2.22. The summed E-state index contributed by atoms with van der Waals surface area (Å²) < 4.78 is 1.64. The zero-order valence-electron chi connectivity index (χ0n) is 12.3. The van der Waals surface area contributed by atoms with Gasteiger partial charge < -0.3 is 5.11 Å². The molecule has 0 bridgehead atoms. The van der Waals surface area contributed by atoms with Gasteiger partial charge in [-0.15, -0.1) is 0 Å². The van der Waals surface area contributed by atoms with E-state index in [0.29, 0.717) is 5.56 Å². The van der Waals surface area contributed by atoms with Gasteiger partial charge in [-0.1, -0.05) is 17.7 Å². The largest absolute Gasteiger partial charge is 0.480 e. The number of aliphatic carboxylic acids is 1. The van der Waals surface area contributed by atoms with Crippen molar-refractivity contribution < 1.29 is 14.7 Å². The van der Waals surface area contributed by atoms with Crippen LogP contribution < -0.4 is 5.01 Å². The van der Waals surface area contributed by atoms with E-state index in [-0.39, 0.29) is 12.5 Å². The van der Waals surface area contributed by atoms with Crippen molar-refractivity contribution in [1.29, 1.82) is 0 Å². The number of hydrogen-bond donors (Lipinski definition) is 1. The van der Waals surface area contributed by atoms with Crippen LogP contribution in [-0.2, 0) is 4.79 Å². The molecule has 0 fully saturated rings. The number of carbonyl (C=O) groups excluding carboxylic acids is 1. The third-order valence-electron chi connectivity index (χ3n) is 3.29. The molecule has 0 aliphatic carbocycles. The highest BCUT2D eigenvalue weighted by atomic mass is 16.4. The van der Waals surface area contributed by atoms with Crippen LogP contribution in [0.25, 0.3) is 0 Å². The summed E-state index contributed by atoms with van der Waals surface area (Å²) in [6.45, 7) is 5.22. The smallest absolute Gasteiger partial charge is 0.325 e. The first-order chi connectivity index (χ1) is 9.90. The number of carboxylic acid groups (broad SMARTS) is 1. The average molecular weight is 286 g/mol. The molecule has 2 rings (SSSR count). The first-order valence-corrected chi connectivity index (χ1v) is 6.65. The Kier molecular flexibility index (Phi) is 4.12. The van der Waals surface area contributed by atoms with Crippen molar-refractivity contribution >= 4 is 11.9 Å². The van der Waals surface area contributed by atoms with E-state index in [1.807, 2.05) is 45.0 Å². The number of carboxylic acids is 1. The van der Waals surface area contributed by atoms with Gasteiger partial charge in [0.15, 0.2) is 0 Å². The van der Waals surface area contributed by atoms with Crippen LogP contribution in [0, 0.1) is 20.8 Å². The summed E-state index contributed by atoms with van der Waals surface area (Å²) in [5.74, 6) is -1.39. The molecule has 0 saturated heterocycles. The summed E-state index contributed by atoms with van der Waals surface area (Å²) in [4.78, 5) is 23.7. The van der Waals surface area contributed by atoms with Crippen LogP contribution in [-0.4, -0.2) is 28.2 Å². The molecule has 1 aromatic carbocycles. The Labute approximate surface area is 123 Å². The lowest BCUT2D eigenvalue weighted by Crippen LogP contribution is -2.45. The molecule has 1 aromatic heterocycles. The van der Waals surface area contributed by atoms with E-state index in [4.69, 9.17) is 5.11 Å². The second-order valence-corrected chi connectivity index (χ2v) is 5.05. The number of carbonyl (C=O) groups is 2. The van der Waals surface area contributed by atoms with Gasteiger partial charge >= 0.3 is 5.97 Å². The molecule has 0 unspecified atom stereocenters. The Morgan fingerprint density at radius 1 is 1.00 bits per heavy atom. The number of aryl methyl sites for hydroxylation is 3. The third kappa shape index (κ3) is 3.13. The van der Waals surface area contributed by atoms with Crippen molar-refractivity contribution in [1.82, 2.24) is 4.68 Å². The van der Waals surface area contributed by atoms with E-state index in [1.54, 1.807) is 16.8 Å². The van der Waals surface area contributed by atoms with E-state index in [0.717, 1.165) is 17.0 Å². The number of nitrogens with zero attached hydrogens (tertiary/aromatic N) is 2. The topological polar surface area (TPSA) is 62.5 Å². The summed E-state index contributed by atoms with van der Waals surface area (Å²) >= 11 is 0. The molecule has 1 N–H and O–H groups in total. The van der Waals surface area contributed by atoms with Crippen LogP contribution in [0.15, 0.2) is 36.4 Å². The normalized spacial score (nSPS) is 10.4. The number of amides is 1. The minimum Gasteiger partial charge on any atom is -0.480 e. The van der Waals surface area contributed by atoms with Crippen LogP contribution in [0.3, 0.4) is 0 Å². The van der Waals surface area contributed by atoms with E-state index in [2.05, 4.69) is 0 Å². The van der Waals surface area contributed by atoms with Gasteiger partial charge in [0.1, 0.15) is 6.54 Å². The standard InChI is InChI=1S/C16H18N2O3/c1-11-4-8-14(9-5-11)16(21)17(10-15(19)20)18-12(2)6-7-13(18)3/h4-9H,10H2,1-3H3,(H,19,20). The zero-order chi connectivity index (χ0) is 15.6. The van der Waals surface area contributed by atoms with Crippen LogP contribution in [0.2, 0.25) is 0 Å². The molecular formula is C16H18N2O3. The second kappa shape index (κ2) is 5.83. The van der Waals surface area contributed by atoms with E-state index < -0.39 is 5.97 Å². The van der Waals surface area contributed by atoms with E-state index >= 15 is 0 Å². The Bertz CT molecular complexity index is 652. The minimum atomic E-state index is -1.05. The minimum absolute atomic E-state index is 0.334. The fourth-order valence-electron chi connectivity index (χ4n) is 2.25. The summed E-state index contributed by atoms with van der Waals surface area (Å²) in [6.07, 6.45) is 0. The van der Waals surface area contributed by atoms with Crippen LogP contribution in [0.1, 0.15) is 27.3 Å². The number of rotatable bonds is 4. The first-order valence-electron chi connectivity index (χ1n) is 6.65. The summed E-state index contributed by atoms with van der Waals surface area (Å²) in [7, 11) is 0. The molecule has 0 atom stereocenters. The molecule has 0 saturated carbocycles. The molecule has 21 heavy (non-hydrogen) atoms. The molecular weight excluding hydrogens is 268 g/mol.